The Morgan fingerprint density at radius 1 is 1.19 bits per heavy atom. The number of furan rings is 1. The first-order chi connectivity index (χ1) is 10.3. The molecule has 2 aromatic rings. The molecule has 1 aromatic heterocycles. The molecule has 0 unspecified atom stereocenters. The van der Waals surface area contributed by atoms with E-state index >= 15 is 0 Å². The Balaban J connectivity index is 1.93. The molecule has 1 aromatic carbocycles. The third-order valence-corrected chi connectivity index (χ3v) is 3.73. The van der Waals surface area contributed by atoms with E-state index in [0.717, 1.165) is 25.9 Å². The summed E-state index contributed by atoms with van der Waals surface area (Å²) in [6, 6.07) is 9.46. The zero-order valence-corrected chi connectivity index (χ0v) is 11.6. The minimum Gasteiger partial charge on any atom is -0.459 e. The quantitative estimate of drug-likeness (QED) is 0.944. The summed E-state index contributed by atoms with van der Waals surface area (Å²) in [5, 5.41) is 3.28. The van der Waals surface area contributed by atoms with E-state index in [1.165, 1.54) is 18.4 Å². The normalized spacial score (nSPS) is 15.9. The van der Waals surface area contributed by atoms with Crippen molar-refractivity contribution in [3.8, 4) is 0 Å². The molecule has 3 rings (SSSR count). The van der Waals surface area contributed by atoms with E-state index in [1.54, 1.807) is 29.2 Å². The molecule has 1 saturated heterocycles. The number of amides is 1. The molecule has 1 N–H and O–H groups in total. The van der Waals surface area contributed by atoms with E-state index in [4.69, 9.17) is 4.42 Å². The van der Waals surface area contributed by atoms with Crippen LogP contribution in [0, 0.1) is 5.82 Å². The Bertz CT molecular complexity index is 589. The highest BCUT2D eigenvalue weighted by atomic mass is 19.1. The minimum atomic E-state index is -0.311. The van der Waals surface area contributed by atoms with Gasteiger partial charge in [0, 0.05) is 11.7 Å². The summed E-state index contributed by atoms with van der Waals surface area (Å²) < 4.78 is 18.4. The van der Waals surface area contributed by atoms with Crippen LogP contribution in [0.2, 0.25) is 0 Å². The van der Waals surface area contributed by atoms with Crippen molar-refractivity contribution in [2.75, 3.05) is 18.0 Å². The third kappa shape index (κ3) is 2.97. The van der Waals surface area contributed by atoms with E-state index in [1.807, 2.05) is 0 Å². The van der Waals surface area contributed by atoms with Crippen molar-refractivity contribution in [2.24, 2.45) is 0 Å². The monoisotopic (exact) mass is 288 g/mol. The average molecular weight is 288 g/mol. The van der Waals surface area contributed by atoms with Gasteiger partial charge in [0.1, 0.15) is 5.82 Å². The summed E-state index contributed by atoms with van der Waals surface area (Å²) in [5.74, 6) is -0.189. The van der Waals surface area contributed by atoms with E-state index in [-0.39, 0.29) is 17.8 Å². The molecule has 21 heavy (non-hydrogen) atoms. The van der Waals surface area contributed by atoms with Crippen LogP contribution in [0.25, 0.3) is 0 Å². The number of halogens is 1. The van der Waals surface area contributed by atoms with Gasteiger partial charge < -0.3 is 14.6 Å². The Morgan fingerprint density at radius 2 is 1.90 bits per heavy atom. The number of carbonyl (C=O) groups excluding carboxylic acids is 1. The summed E-state index contributed by atoms with van der Waals surface area (Å²) in [7, 11) is 0. The van der Waals surface area contributed by atoms with Crippen LogP contribution in [0.5, 0.6) is 0 Å². The van der Waals surface area contributed by atoms with Crippen LogP contribution in [-0.4, -0.2) is 25.0 Å². The van der Waals surface area contributed by atoms with Crippen LogP contribution in [-0.2, 0) is 0 Å². The van der Waals surface area contributed by atoms with Crippen LogP contribution in [0.1, 0.15) is 23.4 Å². The lowest BCUT2D eigenvalue weighted by Crippen LogP contribution is -2.46. The molecule has 0 radical (unpaired) electrons. The first kappa shape index (κ1) is 13.8. The largest absolute Gasteiger partial charge is 0.459 e. The number of piperidine rings is 1. The number of anilines is 1. The van der Waals surface area contributed by atoms with Gasteiger partial charge in [-0.1, -0.05) is 0 Å². The average Bonchev–Trinajstić information content (AvgIpc) is 3.05. The summed E-state index contributed by atoms with van der Waals surface area (Å²) >= 11 is 0. The first-order valence-electron chi connectivity index (χ1n) is 7.09. The number of hydrogen-bond acceptors (Lipinski definition) is 3. The number of nitrogens with one attached hydrogen (secondary N) is 1. The number of hydrogen-bond donors (Lipinski definition) is 1. The molecule has 0 spiro atoms. The molecule has 4 nitrogen and oxygen atoms in total. The summed E-state index contributed by atoms with van der Waals surface area (Å²) in [5.41, 5.74) is 0.699. The Labute approximate surface area is 122 Å². The van der Waals surface area contributed by atoms with Gasteiger partial charge in [0.05, 0.1) is 6.26 Å². The second-order valence-electron chi connectivity index (χ2n) is 5.11. The molecule has 110 valence electrons. The van der Waals surface area contributed by atoms with Gasteiger partial charge in [-0.15, -0.1) is 0 Å². The van der Waals surface area contributed by atoms with Gasteiger partial charge in [0.25, 0.3) is 5.91 Å². The second-order valence-corrected chi connectivity index (χ2v) is 5.11. The molecule has 0 aliphatic carbocycles. The predicted octanol–water partition coefficient (Wildman–Crippen LogP) is 2.82. The summed E-state index contributed by atoms with van der Waals surface area (Å²) in [4.78, 5) is 14.4. The maximum absolute atomic E-state index is 13.1. The first-order valence-corrected chi connectivity index (χ1v) is 7.09. The van der Waals surface area contributed by atoms with Crippen molar-refractivity contribution in [1.82, 2.24) is 5.32 Å². The van der Waals surface area contributed by atoms with Crippen molar-refractivity contribution in [2.45, 2.75) is 18.9 Å². The zero-order valence-electron chi connectivity index (χ0n) is 11.6. The number of nitrogens with zero attached hydrogens (tertiary/aromatic N) is 1. The molecule has 0 saturated carbocycles. The smallest absolute Gasteiger partial charge is 0.294 e. The lowest BCUT2D eigenvalue weighted by Gasteiger charge is -2.34. The van der Waals surface area contributed by atoms with Crippen LogP contribution in [0.15, 0.2) is 47.1 Å². The summed E-state index contributed by atoms with van der Waals surface area (Å²) in [6.07, 6.45) is 3.21. The molecule has 1 aliphatic rings. The fraction of sp³-hybridized carbons (Fsp3) is 0.312. The highest BCUT2D eigenvalue weighted by Gasteiger charge is 2.29. The Kier molecular flexibility index (Phi) is 4.01. The molecule has 0 bridgehead atoms. The molecule has 2 heterocycles. The lowest BCUT2D eigenvalue weighted by molar-refractivity contribution is 0.0944. The van der Waals surface area contributed by atoms with Gasteiger partial charge in [-0.2, -0.15) is 0 Å². The molecule has 5 heteroatoms. The van der Waals surface area contributed by atoms with Gasteiger partial charge in [-0.25, -0.2) is 4.39 Å². The minimum absolute atomic E-state index is 0.0920. The van der Waals surface area contributed by atoms with Crippen LogP contribution < -0.4 is 10.2 Å². The van der Waals surface area contributed by atoms with E-state index in [9.17, 15) is 9.18 Å². The SMILES string of the molecule is O=C(c1ccco1)N(c1ccc(F)cc1)C1CCNCC1. The van der Waals surface area contributed by atoms with Crippen molar-refractivity contribution in [3.05, 3.63) is 54.2 Å². The van der Waals surface area contributed by atoms with E-state index in [0.29, 0.717) is 11.4 Å². The van der Waals surface area contributed by atoms with Crippen molar-refractivity contribution >= 4 is 11.6 Å². The second kappa shape index (κ2) is 6.10. The molecule has 0 atom stereocenters. The van der Waals surface area contributed by atoms with Crippen LogP contribution in [0.3, 0.4) is 0 Å². The number of benzene rings is 1. The highest BCUT2D eigenvalue weighted by Crippen LogP contribution is 2.24. The maximum atomic E-state index is 13.1. The number of rotatable bonds is 3. The fourth-order valence-electron chi connectivity index (χ4n) is 2.68. The van der Waals surface area contributed by atoms with E-state index < -0.39 is 0 Å². The lowest BCUT2D eigenvalue weighted by atomic mass is 10.0. The van der Waals surface area contributed by atoms with Gasteiger partial charge in [-0.05, 0) is 62.3 Å². The van der Waals surface area contributed by atoms with Gasteiger partial charge >= 0.3 is 0 Å². The highest BCUT2D eigenvalue weighted by molar-refractivity contribution is 6.04. The molecule has 1 fully saturated rings. The molecule has 1 aliphatic heterocycles. The van der Waals surface area contributed by atoms with Gasteiger partial charge in [0.15, 0.2) is 5.76 Å². The maximum Gasteiger partial charge on any atom is 0.294 e. The van der Waals surface area contributed by atoms with E-state index in [2.05, 4.69) is 5.32 Å². The standard InChI is InChI=1S/C16H17FN2O2/c17-12-3-5-13(6-4-12)19(14-7-9-18-10-8-14)16(20)15-2-1-11-21-15/h1-6,11,14,18H,7-10H2. The molecular weight excluding hydrogens is 271 g/mol. The predicted molar refractivity (Wildman–Crippen MR) is 77.8 cm³/mol. The van der Waals surface area contributed by atoms with Gasteiger partial charge in [-0.3, -0.25) is 4.79 Å². The Hall–Kier alpha value is -2.14. The van der Waals surface area contributed by atoms with Gasteiger partial charge in [0.2, 0.25) is 0 Å². The number of carbonyl (C=O) groups is 1. The topological polar surface area (TPSA) is 45.5 Å². The van der Waals surface area contributed by atoms with Crippen molar-refractivity contribution in [1.29, 1.82) is 0 Å². The fourth-order valence-corrected chi connectivity index (χ4v) is 2.68. The van der Waals surface area contributed by atoms with Crippen LogP contribution >= 0.6 is 0 Å². The molecule has 1 amide bonds. The van der Waals surface area contributed by atoms with Crippen LogP contribution in [0.4, 0.5) is 10.1 Å². The molecular formula is C16H17FN2O2. The zero-order chi connectivity index (χ0) is 14.7. The summed E-state index contributed by atoms with van der Waals surface area (Å²) in [6.45, 7) is 1.74. The Morgan fingerprint density at radius 3 is 2.52 bits per heavy atom. The van der Waals surface area contributed by atoms with Crippen molar-refractivity contribution in [3.63, 3.8) is 0 Å². The van der Waals surface area contributed by atoms with Crippen molar-refractivity contribution < 1.29 is 13.6 Å². The third-order valence-electron chi connectivity index (χ3n) is 3.73.